The molecule has 0 aliphatic rings. The van der Waals surface area contributed by atoms with Gasteiger partial charge in [0, 0.05) is 16.8 Å². The van der Waals surface area contributed by atoms with E-state index >= 15 is 0 Å². The van der Waals surface area contributed by atoms with E-state index in [1.807, 2.05) is 0 Å². The summed E-state index contributed by atoms with van der Waals surface area (Å²) in [6.45, 7) is 0. The summed E-state index contributed by atoms with van der Waals surface area (Å²) < 4.78 is 44.0. The zero-order chi connectivity index (χ0) is 20.1. The van der Waals surface area contributed by atoms with E-state index in [-0.39, 0.29) is 10.6 Å². The first-order chi connectivity index (χ1) is 13.4. The van der Waals surface area contributed by atoms with Crippen molar-refractivity contribution in [1.82, 2.24) is 0 Å². The third kappa shape index (κ3) is 4.68. The van der Waals surface area contributed by atoms with Crippen LogP contribution in [0.2, 0.25) is 5.02 Å². The van der Waals surface area contributed by atoms with Gasteiger partial charge in [-0.15, -0.1) is 0 Å². The first kappa shape index (κ1) is 19.9. The van der Waals surface area contributed by atoms with Crippen molar-refractivity contribution in [2.24, 2.45) is 0 Å². The third-order valence-electron chi connectivity index (χ3n) is 3.82. The Balaban J connectivity index is 1.78. The zero-order valence-electron chi connectivity index (χ0n) is 15.2. The molecule has 0 fully saturated rings. The van der Waals surface area contributed by atoms with Crippen LogP contribution in [0.25, 0.3) is 0 Å². The first-order valence-corrected chi connectivity index (χ1v) is 10.1. The molecule has 1 N–H and O–H groups in total. The minimum absolute atomic E-state index is 0.0177. The number of anilines is 1. The molecule has 0 unspecified atom stereocenters. The SMILES string of the molecule is COc1ccc(OC)c(S(=O)(=O)Nc2ccc(Oc3ccc(Cl)cc3)cc2)c1. The maximum atomic E-state index is 12.8. The van der Waals surface area contributed by atoms with Crippen LogP contribution < -0.4 is 18.9 Å². The largest absolute Gasteiger partial charge is 0.497 e. The van der Waals surface area contributed by atoms with Crippen LogP contribution in [0.3, 0.4) is 0 Å². The number of hydrogen-bond acceptors (Lipinski definition) is 5. The smallest absolute Gasteiger partial charge is 0.265 e. The lowest BCUT2D eigenvalue weighted by Gasteiger charge is -2.13. The molecule has 0 radical (unpaired) electrons. The van der Waals surface area contributed by atoms with Gasteiger partial charge in [0.25, 0.3) is 10.0 Å². The van der Waals surface area contributed by atoms with Gasteiger partial charge in [-0.2, -0.15) is 0 Å². The number of halogens is 1. The Labute approximate surface area is 168 Å². The molecule has 6 nitrogen and oxygen atoms in total. The van der Waals surface area contributed by atoms with E-state index in [9.17, 15) is 8.42 Å². The summed E-state index contributed by atoms with van der Waals surface area (Å²) in [6.07, 6.45) is 0. The molecule has 0 spiro atoms. The van der Waals surface area contributed by atoms with Crippen LogP contribution >= 0.6 is 11.6 Å². The van der Waals surface area contributed by atoms with Crippen LogP contribution in [0.4, 0.5) is 5.69 Å². The molecule has 0 aliphatic heterocycles. The molecule has 8 heteroatoms. The van der Waals surface area contributed by atoms with Crippen molar-refractivity contribution in [3.8, 4) is 23.0 Å². The van der Waals surface area contributed by atoms with E-state index in [0.717, 1.165) is 0 Å². The number of hydrogen-bond donors (Lipinski definition) is 1. The van der Waals surface area contributed by atoms with Gasteiger partial charge in [-0.05, 0) is 60.7 Å². The van der Waals surface area contributed by atoms with Gasteiger partial charge in [0.05, 0.1) is 14.2 Å². The predicted molar refractivity (Wildman–Crippen MR) is 108 cm³/mol. The first-order valence-electron chi connectivity index (χ1n) is 8.19. The van der Waals surface area contributed by atoms with Crippen molar-refractivity contribution in [2.75, 3.05) is 18.9 Å². The van der Waals surface area contributed by atoms with Crippen LogP contribution in [-0.4, -0.2) is 22.6 Å². The van der Waals surface area contributed by atoms with Crippen molar-refractivity contribution in [2.45, 2.75) is 4.90 Å². The van der Waals surface area contributed by atoms with Crippen molar-refractivity contribution in [1.29, 1.82) is 0 Å². The lowest BCUT2D eigenvalue weighted by molar-refractivity contribution is 0.392. The van der Waals surface area contributed by atoms with Gasteiger partial charge in [0.2, 0.25) is 0 Å². The normalized spacial score (nSPS) is 11.0. The van der Waals surface area contributed by atoms with Crippen LogP contribution in [0.1, 0.15) is 0 Å². The number of rotatable bonds is 7. The Morgan fingerprint density at radius 1 is 0.786 bits per heavy atom. The Bertz CT molecular complexity index is 1050. The maximum absolute atomic E-state index is 12.8. The second-order valence-corrected chi connectivity index (χ2v) is 7.79. The lowest BCUT2D eigenvalue weighted by Crippen LogP contribution is -2.14. The van der Waals surface area contributed by atoms with E-state index in [0.29, 0.717) is 28.0 Å². The van der Waals surface area contributed by atoms with Gasteiger partial charge >= 0.3 is 0 Å². The van der Waals surface area contributed by atoms with Crippen LogP contribution in [0.5, 0.6) is 23.0 Å². The summed E-state index contributed by atoms with van der Waals surface area (Å²) >= 11 is 5.85. The highest BCUT2D eigenvalue weighted by molar-refractivity contribution is 7.92. The molecular weight excluding hydrogens is 402 g/mol. The van der Waals surface area contributed by atoms with Crippen LogP contribution in [-0.2, 0) is 10.0 Å². The van der Waals surface area contributed by atoms with Gasteiger partial charge in [-0.25, -0.2) is 8.42 Å². The van der Waals surface area contributed by atoms with Crippen molar-refractivity contribution >= 4 is 27.3 Å². The number of nitrogens with one attached hydrogen (secondary N) is 1. The summed E-state index contributed by atoms with van der Waals surface area (Å²) in [5.41, 5.74) is 0.383. The van der Waals surface area contributed by atoms with E-state index in [1.54, 1.807) is 54.6 Å². The van der Waals surface area contributed by atoms with Crippen LogP contribution in [0.15, 0.2) is 71.6 Å². The Kier molecular flexibility index (Phi) is 5.96. The van der Waals surface area contributed by atoms with E-state index in [4.69, 9.17) is 25.8 Å². The summed E-state index contributed by atoms with van der Waals surface area (Å²) in [7, 11) is -1.01. The fraction of sp³-hybridized carbons (Fsp3) is 0.100. The average Bonchev–Trinajstić information content (AvgIpc) is 2.70. The van der Waals surface area contributed by atoms with Gasteiger partial charge in [0.1, 0.15) is 27.9 Å². The van der Waals surface area contributed by atoms with Crippen molar-refractivity contribution in [3.05, 3.63) is 71.8 Å². The quantitative estimate of drug-likeness (QED) is 0.586. The highest BCUT2D eigenvalue weighted by Gasteiger charge is 2.20. The fourth-order valence-corrected chi connectivity index (χ4v) is 3.80. The highest BCUT2D eigenvalue weighted by Crippen LogP contribution is 2.30. The average molecular weight is 420 g/mol. The van der Waals surface area contributed by atoms with E-state index < -0.39 is 10.0 Å². The zero-order valence-corrected chi connectivity index (χ0v) is 16.8. The monoisotopic (exact) mass is 419 g/mol. The summed E-state index contributed by atoms with van der Waals surface area (Å²) in [6, 6.07) is 18.0. The molecular formula is C20H18ClNO5S. The molecule has 0 aliphatic carbocycles. The summed E-state index contributed by atoms with van der Waals surface area (Å²) in [5, 5.41) is 0.616. The molecule has 3 aromatic rings. The van der Waals surface area contributed by atoms with Gasteiger partial charge in [-0.1, -0.05) is 11.6 Å². The molecule has 0 bridgehead atoms. The minimum atomic E-state index is -3.88. The summed E-state index contributed by atoms with van der Waals surface area (Å²) in [5.74, 6) is 1.81. The predicted octanol–water partition coefficient (Wildman–Crippen LogP) is 4.95. The second-order valence-electron chi connectivity index (χ2n) is 5.70. The number of sulfonamides is 1. The Morgan fingerprint density at radius 2 is 1.36 bits per heavy atom. The molecule has 0 aromatic heterocycles. The molecule has 0 saturated heterocycles. The standard InChI is InChI=1S/C20H18ClNO5S/c1-25-18-11-12-19(26-2)20(13-18)28(23,24)22-15-5-9-17(10-6-15)27-16-7-3-14(21)4-8-16/h3-13,22H,1-2H3. The summed E-state index contributed by atoms with van der Waals surface area (Å²) in [4.78, 5) is -0.0177. The Hall–Kier alpha value is -2.90. The third-order valence-corrected chi connectivity index (χ3v) is 5.47. The molecule has 146 valence electrons. The van der Waals surface area contributed by atoms with Gasteiger partial charge < -0.3 is 14.2 Å². The molecule has 0 atom stereocenters. The Morgan fingerprint density at radius 3 is 1.93 bits per heavy atom. The molecule has 0 heterocycles. The molecule has 0 amide bonds. The topological polar surface area (TPSA) is 73.9 Å². The highest BCUT2D eigenvalue weighted by atomic mass is 35.5. The minimum Gasteiger partial charge on any atom is -0.497 e. The molecule has 28 heavy (non-hydrogen) atoms. The molecule has 3 aromatic carbocycles. The molecule has 0 saturated carbocycles. The van der Waals surface area contributed by atoms with Crippen molar-refractivity contribution in [3.63, 3.8) is 0 Å². The number of benzene rings is 3. The maximum Gasteiger partial charge on any atom is 0.265 e. The number of ether oxygens (including phenoxy) is 3. The lowest BCUT2D eigenvalue weighted by atomic mass is 10.3. The number of methoxy groups -OCH3 is 2. The van der Waals surface area contributed by atoms with Crippen molar-refractivity contribution < 1.29 is 22.6 Å². The van der Waals surface area contributed by atoms with Gasteiger partial charge in [-0.3, -0.25) is 4.72 Å². The van der Waals surface area contributed by atoms with E-state index in [1.165, 1.54) is 26.4 Å². The second kappa shape index (κ2) is 8.41. The fourth-order valence-electron chi connectivity index (χ4n) is 2.43. The van der Waals surface area contributed by atoms with Crippen LogP contribution in [0, 0.1) is 0 Å². The van der Waals surface area contributed by atoms with Gasteiger partial charge in [0.15, 0.2) is 0 Å². The van der Waals surface area contributed by atoms with E-state index in [2.05, 4.69) is 4.72 Å². The molecule has 3 rings (SSSR count).